The number of benzene rings is 3. The van der Waals surface area contributed by atoms with E-state index in [2.05, 4.69) is 10.2 Å². The molecule has 0 saturated heterocycles. The molecule has 0 bridgehead atoms. The summed E-state index contributed by atoms with van der Waals surface area (Å²) >= 11 is 0. The molecule has 0 saturated carbocycles. The normalized spacial score (nSPS) is 16.1. The van der Waals surface area contributed by atoms with Gasteiger partial charge in [0.2, 0.25) is 0 Å². The minimum absolute atomic E-state index is 0.0368. The van der Waals surface area contributed by atoms with Gasteiger partial charge in [0, 0.05) is 28.2 Å². The molecular formula is C28H25N5O11S3. The highest BCUT2D eigenvalue weighted by molar-refractivity contribution is 7.86. The predicted octanol–water partition coefficient (Wildman–Crippen LogP) is 2.82. The van der Waals surface area contributed by atoms with Gasteiger partial charge in [0.15, 0.2) is 0 Å². The number of amides is 2. The second-order valence-electron chi connectivity index (χ2n) is 10.6. The second kappa shape index (κ2) is 11.8. The maximum Gasteiger partial charge on any atom is 0.295 e. The van der Waals surface area contributed by atoms with Crippen LogP contribution in [0.1, 0.15) is 43.4 Å². The first-order valence-corrected chi connectivity index (χ1v) is 17.6. The summed E-state index contributed by atoms with van der Waals surface area (Å²) in [6, 6.07) is 9.77. The molecule has 3 aromatic rings. The van der Waals surface area contributed by atoms with Crippen molar-refractivity contribution in [1.29, 1.82) is 0 Å². The highest BCUT2D eigenvalue weighted by atomic mass is 32.2. The molecule has 0 aliphatic carbocycles. The van der Waals surface area contributed by atoms with Gasteiger partial charge in [-0.15, -0.1) is 0 Å². The van der Waals surface area contributed by atoms with E-state index in [9.17, 15) is 48.5 Å². The van der Waals surface area contributed by atoms with Gasteiger partial charge in [-0.2, -0.15) is 35.5 Å². The van der Waals surface area contributed by atoms with E-state index in [1.54, 1.807) is 13.8 Å². The summed E-state index contributed by atoms with van der Waals surface area (Å²) in [5, 5.41) is 9.95. The quantitative estimate of drug-likeness (QED) is 0.150. The van der Waals surface area contributed by atoms with Gasteiger partial charge in [-0.1, -0.05) is 18.2 Å². The summed E-state index contributed by atoms with van der Waals surface area (Å²) in [7, 11) is -15.3. The van der Waals surface area contributed by atoms with Crippen LogP contribution in [-0.4, -0.2) is 62.1 Å². The first-order chi connectivity index (χ1) is 21.7. The fraction of sp³-hybridized carbons (Fsp3) is 0.143. The first kappa shape index (κ1) is 33.6. The van der Waals surface area contributed by atoms with Crippen molar-refractivity contribution >= 4 is 82.3 Å². The van der Waals surface area contributed by atoms with E-state index >= 15 is 0 Å². The molecule has 5 rings (SSSR count). The third kappa shape index (κ3) is 6.84. The third-order valence-electron chi connectivity index (χ3n) is 7.00. The molecule has 0 unspecified atom stereocenters. The van der Waals surface area contributed by atoms with Gasteiger partial charge < -0.3 is 5.73 Å². The van der Waals surface area contributed by atoms with Crippen LogP contribution < -0.4 is 15.8 Å². The Hall–Kier alpha value is -4.79. The van der Waals surface area contributed by atoms with E-state index in [0.29, 0.717) is 11.4 Å². The molecule has 0 atom stereocenters. The Kier molecular flexibility index (Phi) is 8.41. The number of hydrogen-bond acceptors (Lipinski definition) is 11. The Balaban J connectivity index is 1.85. The highest BCUT2D eigenvalue weighted by Gasteiger charge is 2.30. The van der Waals surface area contributed by atoms with Crippen molar-refractivity contribution in [2.75, 3.05) is 15.8 Å². The molecule has 0 spiro atoms. The van der Waals surface area contributed by atoms with Crippen LogP contribution in [0.4, 0.5) is 17.1 Å². The molecule has 2 aliphatic rings. The number of anilines is 3. The van der Waals surface area contributed by atoms with Crippen LogP contribution in [0.3, 0.4) is 0 Å². The SMILES string of the molecule is CC1=NN(c2ccc(C=C(c3ccc(N)cc3S(=O)(=O)O)c3ccc(N4N=C(C)CC4=O)cc3S(=O)(=O)O)c(S(=O)(=O)O)c2)C(=O)C1. The van der Waals surface area contributed by atoms with E-state index < -0.39 is 73.6 Å². The zero-order valence-corrected chi connectivity index (χ0v) is 26.8. The monoisotopic (exact) mass is 703 g/mol. The number of nitrogens with zero attached hydrogens (tertiary/aromatic N) is 4. The maximum atomic E-state index is 12.8. The fourth-order valence-corrected chi connectivity index (χ4v) is 7.18. The second-order valence-corrected chi connectivity index (χ2v) is 14.7. The van der Waals surface area contributed by atoms with Crippen molar-refractivity contribution in [2.24, 2.45) is 10.2 Å². The molecule has 0 aromatic heterocycles. The summed E-state index contributed by atoms with van der Waals surface area (Å²) in [5.74, 6) is -0.991. The van der Waals surface area contributed by atoms with Crippen LogP contribution in [0.2, 0.25) is 0 Å². The molecule has 2 amide bonds. The van der Waals surface area contributed by atoms with Crippen molar-refractivity contribution in [3.8, 4) is 0 Å². The van der Waals surface area contributed by atoms with Crippen molar-refractivity contribution < 1.29 is 48.5 Å². The molecule has 16 nitrogen and oxygen atoms in total. The summed E-state index contributed by atoms with van der Waals surface area (Å²) in [4.78, 5) is 22.4. The van der Waals surface area contributed by atoms with Gasteiger partial charge in [0.1, 0.15) is 14.7 Å². The zero-order chi connectivity index (χ0) is 34.6. The molecule has 2 aliphatic heterocycles. The van der Waals surface area contributed by atoms with Gasteiger partial charge >= 0.3 is 0 Å². The van der Waals surface area contributed by atoms with E-state index in [1.165, 1.54) is 18.2 Å². The van der Waals surface area contributed by atoms with E-state index in [0.717, 1.165) is 52.5 Å². The molecule has 5 N–H and O–H groups in total. The Morgan fingerprint density at radius 2 is 1.11 bits per heavy atom. The fourth-order valence-electron chi connectivity index (χ4n) is 5.02. The van der Waals surface area contributed by atoms with Crippen molar-refractivity contribution in [1.82, 2.24) is 0 Å². The predicted molar refractivity (Wildman–Crippen MR) is 171 cm³/mol. The van der Waals surface area contributed by atoms with Crippen LogP contribution in [0, 0.1) is 0 Å². The Bertz CT molecular complexity index is 2310. The molecule has 19 heteroatoms. The lowest BCUT2D eigenvalue weighted by Crippen LogP contribution is -2.20. The smallest absolute Gasteiger partial charge is 0.295 e. The van der Waals surface area contributed by atoms with Crippen LogP contribution in [0.25, 0.3) is 11.6 Å². The minimum Gasteiger partial charge on any atom is -0.399 e. The highest BCUT2D eigenvalue weighted by Crippen LogP contribution is 2.39. The molecule has 47 heavy (non-hydrogen) atoms. The molecule has 0 fully saturated rings. The maximum absolute atomic E-state index is 12.8. The van der Waals surface area contributed by atoms with E-state index in [1.807, 2.05) is 0 Å². The van der Waals surface area contributed by atoms with Crippen LogP contribution in [-0.2, 0) is 39.9 Å². The topological polar surface area (TPSA) is 254 Å². The van der Waals surface area contributed by atoms with Crippen molar-refractivity contribution in [3.63, 3.8) is 0 Å². The summed E-state index contributed by atoms with van der Waals surface area (Å²) in [6.07, 6.45) is 0.894. The number of hydrazone groups is 2. The van der Waals surface area contributed by atoms with E-state index in [-0.39, 0.29) is 35.5 Å². The lowest BCUT2D eigenvalue weighted by Gasteiger charge is -2.19. The Morgan fingerprint density at radius 3 is 1.55 bits per heavy atom. The lowest BCUT2D eigenvalue weighted by atomic mass is 9.94. The average molecular weight is 704 g/mol. The van der Waals surface area contributed by atoms with Gasteiger partial charge in [0.25, 0.3) is 42.2 Å². The first-order valence-electron chi connectivity index (χ1n) is 13.3. The van der Waals surface area contributed by atoms with Crippen LogP contribution in [0.15, 0.2) is 79.5 Å². The standard InChI is InChI=1S/C28H25N5O11S3/c1-15-9-27(34)32(30-15)19-5-3-17(24(13-19)45(36,37)38)11-23(21-7-4-18(29)12-25(21)46(39,40)41)22-8-6-20(14-26(22)47(42,43)44)33-28(35)10-16(2)31-33/h3-8,11-14H,9-10,29H2,1-2H3,(H,36,37,38)(H,39,40,41)(H,42,43,44). The van der Waals surface area contributed by atoms with E-state index in [4.69, 9.17) is 5.73 Å². The average Bonchev–Trinajstić information content (AvgIpc) is 3.48. The van der Waals surface area contributed by atoms with Crippen molar-refractivity contribution in [2.45, 2.75) is 41.4 Å². The Morgan fingerprint density at radius 1 is 0.681 bits per heavy atom. The van der Waals surface area contributed by atoms with Gasteiger partial charge in [-0.05, 0) is 67.5 Å². The van der Waals surface area contributed by atoms with Gasteiger partial charge in [-0.3, -0.25) is 23.2 Å². The number of carbonyl (C=O) groups is 2. The largest absolute Gasteiger partial charge is 0.399 e. The number of nitrogen functional groups attached to an aromatic ring is 1. The van der Waals surface area contributed by atoms with Crippen LogP contribution >= 0.6 is 0 Å². The Labute approximate surface area is 268 Å². The number of nitrogens with two attached hydrogens (primary N) is 1. The third-order valence-corrected chi connectivity index (χ3v) is 9.70. The van der Waals surface area contributed by atoms with Crippen molar-refractivity contribution in [3.05, 3.63) is 71.3 Å². The minimum atomic E-state index is -5.18. The molecule has 246 valence electrons. The molecule has 3 aromatic carbocycles. The molecular weight excluding hydrogens is 679 g/mol. The summed E-state index contributed by atoms with van der Waals surface area (Å²) in [5.41, 5.74) is 4.84. The molecule has 2 heterocycles. The van der Waals surface area contributed by atoms with Gasteiger partial charge in [0.05, 0.1) is 24.2 Å². The van der Waals surface area contributed by atoms with Gasteiger partial charge in [-0.25, -0.2) is 10.0 Å². The number of carbonyl (C=O) groups excluding carboxylic acids is 2. The lowest BCUT2D eigenvalue weighted by molar-refractivity contribution is -0.117. The summed E-state index contributed by atoms with van der Waals surface area (Å²) < 4.78 is 106. The zero-order valence-electron chi connectivity index (χ0n) is 24.4. The number of hydrogen-bond donors (Lipinski definition) is 4. The summed E-state index contributed by atoms with van der Waals surface area (Å²) in [6.45, 7) is 3.15. The van der Waals surface area contributed by atoms with Crippen LogP contribution in [0.5, 0.6) is 0 Å². The number of rotatable bonds is 8. The molecule has 0 radical (unpaired) electrons.